The van der Waals surface area contributed by atoms with Crippen molar-refractivity contribution in [2.24, 2.45) is 5.14 Å². The highest BCUT2D eigenvalue weighted by Gasteiger charge is 2.21. The average Bonchev–Trinajstić information content (AvgIpc) is 2.27. The lowest BCUT2D eigenvalue weighted by Gasteiger charge is -2.14. The Labute approximate surface area is 118 Å². The van der Waals surface area contributed by atoms with Crippen molar-refractivity contribution >= 4 is 31.8 Å². The number of nitrogens with two attached hydrogens (primary N) is 1. The van der Waals surface area contributed by atoms with Crippen LogP contribution < -0.4 is 5.14 Å². The maximum Gasteiger partial charge on any atom is 0.243 e. The topological polar surface area (TPSA) is 97.5 Å². The molecule has 0 heterocycles. The van der Waals surface area contributed by atoms with Crippen molar-refractivity contribution in [3.8, 4) is 0 Å². The molecule has 1 rings (SSSR count). The first kappa shape index (κ1) is 16.4. The third-order valence-electron chi connectivity index (χ3n) is 2.23. The van der Waals surface area contributed by atoms with Gasteiger partial charge in [0.2, 0.25) is 20.0 Å². The Morgan fingerprint density at radius 1 is 1.16 bits per heavy atom. The van der Waals surface area contributed by atoms with Crippen molar-refractivity contribution in [1.29, 1.82) is 0 Å². The molecule has 9 heteroatoms. The summed E-state index contributed by atoms with van der Waals surface area (Å²) in [6.45, 7) is 0. The highest BCUT2D eigenvalue weighted by Crippen LogP contribution is 2.27. The molecule has 0 unspecified atom stereocenters. The smallest absolute Gasteiger partial charge is 0.229 e. The number of hydrogen-bond acceptors (Lipinski definition) is 5. The molecule has 108 valence electrons. The summed E-state index contributed by atoms with van der Waals surface area (Å²) in [6, 6.07) is 6.47. The van der Waals surface area contributed by atoms with Gasteiger partial charge in [-0.1, -0.05) is 12.1 Å². The zero-order valence-electron chi connectivity index (χ0n) is 10.6. The van der Waals surface area contributed by atoms with Gasteiger partial charge in [-0.25, -0.2) is 26.3 Å². The second-order valence-electron chi connectivity index (χ2n) is 3.95. The molecule has 0 aromatic heterocycles. The zero-order valence-corrected chi connectivity index (χ0v) is 13.1. The molecule has 1 aromatic carbocycles. The third-order valence-corrected chi connectivity index (χ3v) is 6.34. The molecule has 0 fully saturated rings. The first-order chi connectivity index (χ1) is 8.64. The fraction of sp³-hybridized carbons (Fsp3) is 0.400. The highest BCUT2D eigenvalue weighted by molar-refractivity contribution is 8.01. The van der Waals surface area contributed by atoms with Gasteiger partial charge < -0.3 is 0 Å². The molecule has 0 aliphatic heterocycles. The minimum atomic E-state index is -3.54. The van der Waals surface area contributed by atoms with Gasteiger partial charge >= 0.3 is 0 Å². The Bertz CT molecular complexity index is 638. The van der Waals surface area contributed by atoms with E-state index < -0.39 is 20.0 Å². The van der Waals surface area contributed by atoms with Gasteiger partial charge in [-0.3, -0.25) is 0 Å². The Balaban J connectivity index is 2.98. The molecule has 0 saturated heterocycles. The molecular formula is C10H16N2O4S3. The molecule has 0 saturated carbocycles. The molecule has 0 spiro atoms. The first-order valence-corrected chi connectivity index (χ1v) is 9.43. The minimum Gasteiger partial charge on any atom is -0.229 e. The number of benzene rings is 1. The van der Waals surface area contributed by atoms with Crippen molar-refractivity contribution < 1.29 is 16.8 Å². The number of rotatable bonds is 6. The normalized spacial score (nSPS) is 12.8. The zero-order chi connectivity index (χ0) is 14.7. The maximum absolute atomic E-state index is 12.1. The standard InChI is InChI=1S/C10H16N2O4S3/c1-12(2)19(15,16)10-6-4-3-5-9(10)17-7-8-18(11,13)14/h3-6H,7-8H2,1-2H3,(H2,11,13,14). The molecule has 0 radical (unpaired) electrons. The van der Waals surface area contributed by atoms with Gasteiger partial charge in [-0.05, 0) is 12.1 Å². The quantitative estimate of drug-likeness (QED) is 0.760. The number of nitrogens with zero attached hydrogens (tertiary/aromatic N) is 1. The fourth-order valence-electron chi connectivity index (χ4n) is 1.25. The van der Waals surface area contributed by atoms with E-state index in [2.05, 4.69) is 0 Å². The van der Waals surface area contributed by atoms with Crippen LogP contribution in [-0.2, 0) is 20.0 Å². The molecule has 0 amide bonds. The summed E-state index contributed by atoms with van der Waals surface area (Å²) in [5.74, 6) is 0.00675. The lowest BCUT2D eigenvalue weighted by molar-refractivity contribution is 0.518. The van der Waals surface area contributed by atoms with E-state index in [9.17, 15) is 16.8 Å². The van der Waals surface area contributed by atoms with E-state index in [0.717, 1.165) is 16.1 Å². The fourth-order valence-corrected chi connectivity index (χ4v) is 4.57. The van der Waals surface area contributed by atoms with Crippen LogP contribution in [0.4, 0.5) is 0 Å². The predicted molar refractivity (Wildman–Crippen MR) is 76.0 cm³/mol. The molecule has 0 atom stereocenters. The number of thioether (sulfide) groups is 1. The summed E-state index contributed by atoms with van der Waals surface area (Å²) in [7, 11) is -4.19. The minimum absolute atomic E-state index is 0.166. The Morgan fingerprint density at radius 3 is 2.26 bits per heavy atom. The Hall–Kier alpha value is -0.610. The van der Waals surface area contributed by atoms with E-state index in [-0.39, 0.29) is 16.4 Å². The Kier molecular flexibility index (Phi) is 5.39. The summed E-state index contributed by atoms with van der Waals surface area (Å²) in [4.78, 5) is 0.680. The van der Waals surface area contributed by atoms with Gasteiger partial charge in [-0.2, -0.15) is 0 Å². The molecule has 6 nitrogen and oxygen atoms in total. The first-order valence-electron chi connectivity index (χ1n) is 5.29. The molecule has 0 aliphatic rings. The van der Waals surface area contributed by atoms with Crippen molar-refractivity contribution in [1.82, 2.24) is 4.31 Å². The highest BCUT2D eigenvalue weighted by atomic mass is 32.2. The number of primary sulfonamides is 1. The van der Waals surface area contributed by atoms with E-state index >= 15 is 0 Å². The van der Waals surface area contributed by atoms with E-state index in [1.165, 1.54) is 20.2 Å². The maximum atomic E-state index is 12.1. The van der Waals surface area contributed by atoms with Crippen molar-refractivity contribution in [3.05, 3.63) is 24.3 Å². The lowest BCUT2D eigenvalue weighted by atomic mass is 10.4. The Morgan fingerprint density at radius 2 is 1.74 bits per heavy atom. The van der Waals surface area contributed by atoms with Gasteiger partial charge in [0, 0.05) is 24.7 Å². The van der Waals surface area contributed by atoms with E-state index in [4.69, 9.17) is 5.14 Å². The van der Waals surface area contributed by atoms with Gasteiger partial charge in [0.1, 0.15) is 0 Å². The third kappa shape index (κ3) is 4.77. The summed E-state index contributed by atoms with van der Waals surface area (Å²) in [6.07, 6.45) is 0. The number of hydrogen-bond donors (Lipinski definition) is 1. The second-order valence-corrected chi connectivity index (χ2v) is 8.94. The van der Waals surface area contributed by atoms with Crippen LogP contribution in [0.25, 0.3) is 0 Å². The van der Waals surface area contributed by atoms with Gasteiger partial charge in [0.15, 0.2) is 0 Å². The molecule has 1 aromatic rings. The van der Waals surface area contributed by atoms with Crippen molar-refractivity contribution in [2.45, 2.75) is 9.79 Å². The summed E-state index contributed by atoms with van der Waals surface area (Å²) in [5.41, 5.74) is 0. The predicted octanol–water partition coefficient (Wildman–Crippen LogP) is 0.318. The molecule has 19 heavy (non-hydrogen) atoms. The van der Waals surface area contributed by atoms with Crippen LogP contribution in [-0.4, -0.2) is 46.7 Å². The van der Waals surface area contributed by atoms with Crippen LogP contribution in [0.2, 0.25) is 0 Å². The van der Waals surface area contributed by atoms with Crippen LogP contribution in [0.1, 0.15) is 0 Å². The lowest BCUT2D eigenvalue weighted by Crippen LogP contribution is -2.23. The summed E-state index contributed by atoms with van der Waals surface area (Å²) < 4.78 is 47.0. The number of sulfonamides is 2. The van der Waals surface area contributed by atoms with Gasteiger partial charge in [0.05, 0.1) is 10.6 Å². The van der Waals surface area contributed by atoms with Crippen LogP contribution in [0, 0.1) is 0 Å². The SMILES string of the molecule is CN(C)S(=O)(=O)c1ccccc1SCCS(N)(=O)=O. The van der Waals surface area contributed by atoms with E-state index in [1.807, 2.05) is 0 Å². The largest absolute Gasteiger partial charge is 0.243 e. The van der Waals surface area contributed by atoms with Gasteiger partial charge in [-0.15, -0.1) is 11.8 Å². The summed E-state index contributed by atoms with van der Waals surface area (Å²) >= 11 is 1.15. The van der Waals surface area contributed by atoms with Crippen LogP contribution >= 0.6 is 11.8 Å². The van der Waals surface area contributed by atoms with Crippen molar-refractivity contribution in [2.75, 3.05) is 25.6 Å². The van der Waals surface area contributed by atoms with E-state index in [0.29, 0.717) is 4.90 Å². The van der Waals surface area contributed by atoms with E-state index in [1.54, 1.807) is 18.2 Å². The molecule has 0 bridgehead atoms. The van der Waals surface area contributed by atoms with Crippen LogP contribution in [0.15, 0.2) is 34.1 Å². The summed E-state index contributed by atoms with van der Waals surface area (Å²) in [5, 5.41) is 4.90. The monoisotopic (exact) mass is 324 g/mol. The van der Waals surface area contributed by atoms with Gasteiger partial charge in [0.25, 0.3) is 0 Å². The average molecular weight is 324 g/mol. The second kappa shape index (κ2) is 6.23. The van der Waals surface area contributed by atoms with Crippen LogP contribution in [0.5, 0.6) is 0 Å². The molecule has 2 N–H and O–H groups in total. The van der Waals surface area contributed by atoms with Crippen LogP contribution in [0.3, 0.4) is 0 Å². The molecular weight excluding hydrogens is 308 g/mol. The molecule has 0 aliphatic carbocycles. The van der Waals surface area contributed by atoms with Crippen molar-refractivity contribution in [3.63, 3.8) is 0 Å².